The van der Waals surface area contributed by atoms with Crippen molar-refractivity contribution in [2.75, 3.05) is 0 Å². The Kier molecular flexibility index (Phi) is 4.36. The van der Waals surface area contributed by atoms with Gasteiger partial charge in [-0.3, -0.25) is 4.79 Å². The maximum absolute atomic E-state index is 13.4. The number of hydrogen-bond acceptors (Lipinski definition) is 2. The van der Waals surface area contributed by atoms with Gasteiger partial charge in [-0.15, -0.1) is 0 Å². The van der Waals surface area contributed by atoms with Gasteiger partial charge in [0.2, 0.25) is 5.91 Å². The molecule has 1 aromatic heterocycles. The molecule has 0 bridgehead atoms. The number of carbonyl (C=O) groups is 1. The minimum atomic E-state index is -0.470. The number of amides is 1. The van der Waals surface area contributed by atoms with E-state index in [9.17, 15) is 9.18 Å². The minimum Gasteiger partial charge on any atom is -0.467 e. The van der Waals surface area contributed by atoms with Gasteiger partial charge in [0.25, 0.3) is 0 Å². The van der Waals surface area contributed by atoms with E-state index in [2.05, 4.69) is 5.32 Å². The van der Waals surface area contributed by atoms with Gasteiger partial charge in [0, 0.05) is 11.6 Å². The van der Waals surface area contributed by atoms with Crippen molar-refractivity contribution in [1.29, 1.82) is 0 Å². The van der Waals surface area contributed by atoms with Crippen LogP contribution in [0, 0.1) is 5.82 Å². The molecule has 0 aliphatic heterocycles. The molecule has 0 saturated heterocycles. The molecule has 0 unspecified atom stereocenters. The highest BCUT2D eigenvalue weighted by Crippen LogP contribution is 2.20. The maximum Gasteiger partial charge on any atom is 0.244 e. The Morgan fingerprint density at radius 2 is 2.21 bits per heavy atom. The van der Waals surface area contributed by atoms with Gasteiger partial charge in [-0.1, -0.05) is 17.7 Å². The monoisotopic (exact) mass is 279 g/mol. The second-order valence-electron chi connectivity index (χ2n) is 3.77. The van der Waals surface area contributed by atoms with Gasteiger partial charge in [-0.25, -0.2) is 4.39 Å². The highest BCUT2D eigenvalue weighted by Gasteiger charge is 2.04. The van der Waals surface area contributed by atoms with Crippen molar-refractivity contribution in [3.05, 3.63) is 64.8 Å². The molecule has 19 heavy (non-hydrogen) atoms. The molecule has 0 saturated carbocycles. The Hall–Kier alpha value is -2.07. The van der Waals surface area contributed by atoms with Gasteiger partial charge < -0.3 is 9.73 Å². The van der Waals surface area contributed by atoms with Crippen molar-refractivity contribution in [2.24, 2.45) is 0 Å². The van der Waals surface area contributed by atoms with Gasteiger partial charge in [-0.05, 0) is 30.3 Å². The first-order chi connectivity index (χ1) is 9.16. The molecule has 1 amide bonds. The lowest BCUT2D eigenvalue weighted by molar-refractivity contribution is -0.116. The third kappa shape index (κ3) is 3.69. The normalized spacial score (nSPS) is 10.8. The number of rotatable bonds is 4. The first kappa shape index (κ1) is 13.4. The first-order valence-corrected chi connectivity index (χ1v) is 5.97. The van der Waals surface area contributed by atoms with Crippen LogP contribution >= 0.6 is 11.6 Å². The third-order valence-electron chi connectivity index (χ3n) is 2.42. The minimum absolute atomic E-state index is 0.192. The van der Waals surface area contributed by atoms with Crippen LogP contribution in [0.4, 0.5) is 4.39 Å². The number of nitrogens with one attached hydrogen (secondary N) is 1. The summed E-state index contributed by atoms with van der Waals surface area (Å²) in [5, 5.41) is 2.87. The van der Waals surface area contributed by atoms with Crippen LogP contribution in [0.3, 0.4) is 0 Å². The molecule has 2 aromatic rings. The van der Waals surface area contributed by atoms with Gasteiger partial charge in [0.05, 0.1) is 17.8 Å². The van der Waals surface area contributed by atoms with Crippen molar-refractivity contribution in [3.63, 3.8) is 0 Å². The summed E-state index contributed by atoms with van der Waals surface area (Å²) in [5.74, 6) is -0.177. The molecule has 2 rings (SSSR count). The Morgan fingerprint density at radius 3 is 2.89 bits per heavy atom. The lowest BCUT2D eigenvalue weighted by Crippen LogP contribution is -2.19. The van der Waals surface area contributed by atoms with E-state index in [1.54, 1.807) is 18.2 Å². The fraction of sp³-hybridized carbons (Fsp3) is 0.0714. The molecule has 1 N–H and O–H groups in total. The van der Waals surface area contributed by atoms with Crippen molar-refractivity contribution in [3.8, 4) is 0 Å². The summed E-state index contributed by atoms with van der Waals surface area (Å²) in [6.07, 6.45) is 4.10. The Labute approximate surface area is 114 Å². The topological polar surface area (TPSA) is 42.2 Å². The summed E-state index contributed by atoms with van der Waals surface area (Å²) in [6.45, 7) is 0.279. The van der Waals surface area contributed by atoms with E-state index < -0.39 is 5.82 Å². The molecule has 0 atom stereocenters. The molecule has 3 nitrogen and oxygen atoms in total. The maximum atomic E-state index is 13.4. The Bertz CT molecular complexity index is 573. The molecular weight excluding hydrogens is 269 g/mol. The predicted molar refractivity (Wildman–Crippen MR) is 71.0 cm³/mol. The van der Waals surface area contributed by atoms with Crippen LogP contribution in [0.1, 0.15) is 11.3 Å². The number of hydrogen-bond donors (Lipinski definition) is 1. The molecule has 0 spiro atoms. The average molecular weight is 280 g/mol. The van der Waals surface area contributed by atoms with E-state index in [0.717, 1.165) is 0 Å². The van der Waals surface area contributed by atoms with Crippen molar-refractivity contribution < 1.29 is 13.6 Å². The van der Waals surface area contributed by atoms with Gasteiger partial charge in [-0.2, -0.15) is 0 Å². The van der Waals surface area contributed by atoms with E-state index in [1.807, 2.05) is 0 Å². The lowest BCUT2D eigenvalue weighted by Gasteiger charge is -2.00. The quantitative estimate of drug-likeness (QED) is 0.872. The van der Waals surface area contributed by atoms with Crippen LogP contribution in [-0.4, -0.2) is 5.91 Å². The van der Waals surface area contributed by atoms with Crippen LogP contribution in [0.2, 0.25) is 5.02 Å². The standard InChI is InChI=1S/C14H11ClFNO2/c15-12-4-1-5-13(16)11(12)6-7-14(18)17-9-10-3-2-8-19-10/h1-8H,9H2,(H,17,18)/b7-6+. The van der Waals surface area contributed by atoms with Gasteiger partial charge in [0.15, 0.2) is 0 Å². The molecule has 0 fully saturated rings. The smallest absolute Gasteiger partial charge is 0.244 e. The molecule has 0 aliphatic rings. The van der Waals surface area contributed by atoms with Crippen molar-refractivity contribution >= 4 is 23.6 Å². The second-order valence-corrected chi connectivity index (χ2v) is 4.17. The highest BCUT2D eigenvalue weighted by molar-refractivity contribution is 6.32. The van der Waals surface area contributed by atoms with Crippen molar-refractivity contribution in [2.45, 2.75) is 6.54 Å². The first-order valence-electron chi connectivity index (χ1n) is 5.59. The number of benzene rings is 1. The number of carbonyl (C=O) groups excluding carboxylic acids is 1. The van der Waals surface area contributed by atoms with E-state index in [4.69, 9.17) is 16.0 Å². The lowest BCUT2D eigenvalue weighted by atomic mass is 10.2. The number of furan rings is 1. The zero-order valence-electron chi connectivity index (χ0n) is 9.90. The summed E-state index contributed by atoms with van der Waals surface area (Å²) in [5.41, 5.74) is 0.192. The van der Waals surface area contributed by atoms with E-state index in [-0.39, 0.29) is 23.0 Å². The summed E-state index contributed by atoms with van der Waals surface area (Å²) in [6, 6.07) is 7.83. The van der Waals surface area contributed by atoms with Crippen molar-refractivity contribution in [1.82, 2.24) is 5.32 Å². The van der Waals surface area contributed by atoms with Crippen LogP contribution in [0.25, 0.3) is 6.08 Å². The largest absolute Gasteiger partial charge is 0.467 e. The fourth-order valence-electron chi connectivity index (χ4n) is 1.48. The molecule has 0 aliphatic carbocycles. The zero-order valence-corrected chi connectivity index (χ0v) is 10.7. The molecular formula is C14H11ClFNO2. The van der Waals surface area contributed by atoms with Crippen LogP contribution in [0.5, 0.6) is 0 Å². The molecule has 5 heteroatoms. The molecule has 1 aromatic carbocycles. The summed E-state index contributed by atoms with van der Waals surface area (Å²) in [7, 11) is 0. The average Bonchev–Trinajstić information content (AvgIpc) is 2.89. The van der Waals surface area contributed by atoms with Gasteiger partial charge >= 0.3 is 0 Å². The summed E-state index contributed by atoms with van der Waals surface area (Å²) >= 11 is 5.83. The second kappa shape index (κ2) is 6.20. The van der Waals surface area contributed by atoms with E-state index in [0.29, 0.717) is 5.76 Å². The fourth-order valence-corrected chi connectivity index (χ4v) is 1.70. The summed E-state index contributed by atoms with van der Waals surface area (Å²) < 4.78 is 18.5. The summed E-state index contributed by atoms with van der Waals surface area (Å²) in [4.78, 5) is 11.5. The van der Waals surface area contributed by atoms with Crippen LogP contribution in [-0.2, 0) is 11.3 Å². The molecule has 0 radical (unpaired) electrons. The van der Waals surface area contributed by atoms with Crippen LogP contribution < -0.4 is 5.32 Å². The van der Waals surface area contributed by atoms with E-state index >= 15 is 0 Å². The number of halogens is 2. The van der Waals surface area contributed by atoms with E-state index in [1.165, 1.54) is 30.5 Å². The predicted octanol–water partition coefficient (Wildman–Crippen LogP) is 3.40. The SMILES string of the molecule is O=C(/C=C/c1c(F)cccc1Cl)NCc1ccco1. The Balaban J connectivity index is 1.96. The van der Waals surface area contributed by atoms with Crippen LogP contribution in [0.15, 0.2) is 47.1 Å². The zero-order chi connectivity index (χ0) is 13.7. The highest BCUT2D eigenvalue weighted by atomic mass is 35.5. The Morgan fingerprint density at radius 1 is 1.37 bits per heavy atom. The molecule has 1 heterocycles. The van der Waals surface area contributed by atoms with Gasteiger partial charge in [0.1, 0.15) is 11.6 Å². The molecule has 98 valence electrons. The third-order valence-corrected chi connectivity index (χ3v) is 2.75.